The van der Waals surface area contributed by atoms with E-state index in [2.05, 4.69) is 72.6 Å². The first-order valence-corrected chi connectivity index (χ1v) is 40.2. The van der Waals surface area contributed by atoms with Crippen molar-refractivity contribution in [3.8, 4) is 0 Å². The molecule has 5 amide bonds. The fourth-order valence-corrected chi connectivity index (χ4v) is 15.2. The van der Waals surface area contributed by atoms with Crippen LogP contribution in [0.25, 0.3) is 0 Å². The molecule has 0 radical (unpaired) electrons. The maximum atomic E-state index is 13.8. The van der Waals surface area contributed by atoms with Gasteiger partial charge in [0, 0.05) is 33.3 Å². The maximum Gasteiger partial charge on any atom is 0.516 e. The van der Waals surface area contributed by atoms with Crippen molar-refractivity contribution in [2.75, 3.05) is 65.8 Å². The molecule has 0 aromatic rings. The van der Waals surface area contributed by atoms with E-state index in [1.807, 2.05) is 0 Å². The summed E-state index contributed by atoms with van der Waals surface area (Å²) in [6.45, 7) is 21.5. The predicted molar refractivity (Wildman–Crippen MR) is 401 cm³/mol. The summed E-state index contributed by atoms with van der Waals surface area (Å²) in [7, 11) is 0. The first-order chi connectivity index (χ1) is 60.3. The largest absolute Gasteiger partial charge is 0.516 e. The van der Waals surface area contributed by atoms with Gasteiger partial charge in [-0.05, 0) is 150 Å². The molecule has 2 unspecified atom stereocenters. The van der Waals surface area contributed by atoms with Crippen LogP contribution in [0.1, 0.15) is 178 Å². The number of carbonyl (C=O) groups is 12. The molecule has 53 heteroatoms. The van der Waals surface area contributed by atoms with Gasteiger partial charge in [-0.25, -0.2) is 19.2 Å². The van der Waals surface area contributed by atoms with E-state index in [-0.39, 0.29) is 10.5 Å². The number of rotatable bonds is 17. The smallest absolute Gasteiger partial charge is 0.462 e. The van der Waals surface area contributed by atoms with Crippen molar-refractivity contribution in [1.82, 2.24) is 24.9 Å². The highest BCUT2D eigenvalue weighted by atomic mass is 19.4. The summed E-state index contributed by atoms with van der Waals surface area (Å²) in [5.74, 6) is -16.8. The average Bonchev–Trinajstić information content (AvgIpc) is 0.989. The third kappa shape index (κ3) is 24.4. The molecule has 0 spiro atoms. The Labute approximate surface area is 742 Å². The average molecular weight is 1970 g/mol. The first kappa shape index (κ1) is 114. The molecule has 5 heterocycles. The van der Waals surface area contributed by atoms with Gasteiger partial charge in [-0.2, -0.15) is 105 Å². The van der Waals surface area contributed by atoms with Crippen LogP contribution in [0.15, 0.2) is 73.4 Å². The van der Waals surface area contributed by atoms with Gasteiger partial charge in [0.2, 0.25) is 0 Å². The Morgan fingerprint density at radius 1 is 0.398 bits per heavy atom. The highest BCUT2D eigenvalue weighted by Crippen LogP contribution is 2.56. The monoisotopic (exact) mass is 1970 g/mol. The van der Waals surface area contributed by atoms with E-state index in [0.717, 1.165) is 32.1 Å². The molecule has 2 atom stereocenters. The number of halogens is 24. The third-order valence-electron chi connectivity index (χ3n) is 22.2. The molecular formula is C80H97F24N5O24. The van der Waals surface area contributed by atoms with Crippen molar-refractivity contribution in [3.63, 3.8) is 0 Å². The van der Waals surface area contributed by atoms with Gasteiger partial charge < -0.3 is 62.2 Å². The van der Waals surface area contributed by atoms with Crippen molar-refractivity contribution in [2.45, 2.75) is 284 Å². The summed E-state index contributed by atoms with van der Waals surface area (Å²) < 4.78 is 379. The van der Waals surface area contributed by atoms with Gasteiger partial charge in [0.15, 0.2) is 0 Å². The Morgan fingerprint density at radius 3 is 1.08 bits per heavy atom. The summed E-state index contributed by atoms with van der Waals surface area (Å²) >= 11 is 0. The van der Waals surface area contributed by atoms with Gasteiger partial charge in [-0.15, -0.1) is 0 Å². The molecule has 0 aromatic carbocycles. The Bertz CT molecular complexity index is 4360. The Balaban J connectivity index is 0.000000295. The van der Waals surface area contributed by atoms with Gasteiger partial charge >= 0.3 is 120 Å². The van der Waals surface area contributed by atoms with Gasteiger partial charge in [-0.1, -0.05) is 73.6 Å². The number of nitrogens with one attached hydrogen (secondary N) is 1. The van der Waals surface area contributed by atoms with Crippen LogP contribution in [0, 0.1) is 5.41 Å². The van der Waals surface area contributed by atoms with Gasteiger partial charge in [0.05, 0.1) is 39.6 Å². The molecule has 9 fully saturated rings. The van der Waals surface area contributed by atoms with Crippen molar-refractivity contribution >= 4 is 71.5 Å². The van der Waals surface area contributed by atoms with Gasteiger partial charge in [0.1, 0.15) is 54.2 Å². The number of carbonyl (C=O) groups excluding carboxylic acids is 12. The summed E-state index contributed by atoms with van der Waals surface area (Å²) in [5, 5.41) is 1.55. The maximum absolute atomic E-state index is 13.8. The van der Waals surface area contributed by atoms with Crippen LogP contribution < -0.4 is 5.32 Å². The minimum atomic E-state index is -6.05. The van der Waals surface area contributed by atoms with E-state index in [1.165, 1.54) is 33.8 Å². The molecule has 29 nitrogen and oxygen atoms in total. The number of nitrogens with zero attached hydrogens (tertiary/aromatic N) is 4. The minimum absolute atomic E-state index is 0.185. The van der Waals surface area contributed by atoms with Crippen LogP contribution in [0.4, 0.5) is 110 Å². The van der Waals surface area contributed by atoms with E-state index < -0.39 is 286 Å². The molecule has 5 saturated heterocycles. The van der Waals surface area contributed by atoms with Gasteiger partial charge in [-0.3, -0.25) is 58.0 Å². The van der Waals surface area contributed by atoms with Crippen LogP contribution in [0.2, 0.25) is 0 Å². The van der Waals surface area contributed by atoms with E-state index in [0.29, 0.717) is 83.5 Å². The summed E-state index contributed by atoms with van der Waals surface area (Å²) in [4.78, 5) is 142. The Morgan fingerprint density at radius 2 is 0.737 bits per heavy atom. The molecule has 5 aliphatic heterocycles. The Hall–Kier alpha value is -9.80. The second-order valence-corrected chi connectivity index (χ2v) is 33.9. The fourth-order valence-electron chi connectivity index (χ4n) is 15.2. The number of ether oxygens (including phenoxy) is 12. The standard InChI is InChI=1S/C18H23F6NO4.C17H21F6NO4.C16H17F6NO4.C16H20F3NO8.C13H16F3NO4/c1-11-10-28-16(17(19,20)21,18(22,23)24)25(13(11)27)9-12(26)29-15(14(2,3)4)7-5-6-8-15;1-3-14(7-5-4-6-8-14)28-12(25)9-24-13(26)11(2)10-27-15(24,16(18,19)20)17(21,22)23;1-3-13(6-4-5-7-13)27-11(24)8-23-12(25)10(2)9-26-14(23,15(17,18)19)16(20,21)22;1-6-25-12(23)15(16(17,18)19)20(11(22)9(2)8-26-15)7-10(21)27-13(24)28-14(3,4)5;1-8-7-20-12(13(14,15)16,17-9(8)18)10(19)21-11(2)5-3-4-6-11/h1,5-10H2,2-4H3;2-10H2,1H3;3H,1-2,4-9H2;2,6-8H2,1,3-5H3;1,3-7H2,2H3,(H,17,18). The van der Waals surface area contributed by atoms with Gasteiger partial charge in [0.25, 0.3) is 29.5 Å². The quantitative estimate of drug-likeness (QED) is 0.0353. The molecule has 1 N–H and O–H groups in total. The van der Waals surface area contributed by atoms with Crippen LogP contribution in [0.3, 0.4) is 0 Å². The SMILES string of the molecule is C=C1COC(C(=O)OC2(C)CCCC2)(C(F)(F)F)NC1=O.C=C1COC(C(=O)OCC)(C(F)(F)F)N(CC(=O)OC(=O)OC(C)(C)C)C1=O.C=C1COC(C(F)(F)F)(C(F)(F)F)N(CC(=O)OC2(C(C)(C)C)CCCC2)C1=O.C=C1COC(C(F)(F)F)(C(F)(F)F)N(CC(=O)OC2(CC)CCCCC2)C1=O.C=CC1(OC(=O)CN2C(=O)C(=C)COC2(C(F)(F)F)C(F)(F)F)CCCC1. The summed E-state index contributed by atoms with van der Waals surface area (Å²) in [6.07, 6.45) is -36.8. The molecule has 0 bridgehead atoms. The van der Waals surface area contributed by atoms with Crippen LogP contribution >= 0.6 is 0 Å². The summed E-state index contributed by atoms with van der Waals surface area (Å²) in [6, 6.07) is 0. The van der Waals surface area contributed by atoms with E-state index in [9.17, 15) is 163 Å². The highest BCUT2D eigenvalue weighted by Gasteiger charge is 2.82. The van der Waals surface area contributed by atoms with E-state index >= 15 is 0 Å². The van der Waals surface area contributed by atoms with E-state index in [1.54, 1.807) is 39.9 Å². The predicted octanol–water partition coefficient (Wildman–Crippen LogP) is 14.8. The normalized spacial score (nSPS) is 23.3. The molecule has 0 aromatic heterocycles. The first-order valence-electron chi connectivity index (χ1n) is 40.2. The van der Waals surface area contributed by atoms with Crippen molar-refractivity contribution in [3.05, 3.63) is 73.4 Å². The molecule has 754 valence electrons. The third-order valence-corrected chi connectivity index (χ3v) is 22.2. The zero-order valence-corrected chi connectivity index (χ0v) is 72.8. The molecule has 4 saturated carbocycles. The molecule has 9 aliphatic rings. The second-order valence-electron chi connectivity index (χ2n) is 33.9. The number of hydrogen-bond acceptors (Lipinski definition) is 24. The highest BCUT2D eigenvalue weighted by molar-refractivity contribution is 6.02. The minimum Gasteiger partial charge on any atom is -0.462 e. The second kappa shape index (κ2) is 41.0. The van der Waals surface area contributed by atoms with E-state index in [4.69, 9.17) is 23.7 Å². The fraction of sp³-hybridized carbons (Fsp3) is 0.700. The lowest BCUT2D eigenvalue weighted by molar-refractivity contribution is -0.423. The molecular weight excluding hydrogens is 1870 g/mol. The van der Waals surface area contributed by atoms with Crippen molar-refractivity contribution < 1.29 is 220 Å². The zero-order chi connectivity index (χ0) is 102. The van der Waals surface area contributed by atoms with Crippen molar-refractivity contribution in [1.29, 1.82) is 0 Å². The molecule has 9 rings (SSSR count). The lowest BCUT2D eigenvalue weighted by Gasteiger charge is -2.47. The Kier molecular flexibility index (Phi) is 35.1. The molecule has 4 aliphatic carbocycles. The number of hydrogen-bond donors (Lipinski definition) is 1. The number of alkyl halides is 24. The number of esters is 6. The number of amides is 5. The lowest BCUT2D eigenvalue weighted by atomic mass is 9.75. The van der Waals surface area contributed by atoms with Crippen molar-refractivity contribution in [2.24, 2.45) is 5.41 Å². The topological polar surface area (TPSA) is 341 Å². The van der Waals surface area contributed by atoms with Crippen LogP contribution in [0.5, 0.6) is 0 Å². The molecule has 133 heavy (non-hydrogen) atoms. The zero-order valence-electron chi connectivity index (χ0n) is 72.8. The lowest BCUT2D eigenvalue weighted by Crippen LogP contribution is -2.73. The van der Waals surface area contributed by atoms with Crippen LogP contribution in [-0.4, -0.2) is 263 Å². The van der Waals surface area contributed by atoms with Crippen LogP contribution in [-0.2, 0) is 110 Å². The summed E-state index contributed by atoms with van der Waals surface area (Å²) in [5.41, 5.74) is -30.5.